The van der Waals surface area contributed by atoms with Crippen LogP contribution >= 0.6 is 0 Å². The van der Waals surface area contributed by atoms with Gasteiger partial charge in [-0.2, -0.15) is 0 Å². The molecular weight excluding hydrogens is 276 g/mol. The van der Waals surface area contributed by atoms with Crippen LogP contribution in [0.4, 0.5) is 0 Å². The zero-order valence-electron chi connectivity index (χ0n) is 10.3. The molecule has 0 saturated carbocycles. The highest BCUT2D eigenvalue weighted by Gasteiger charge is 2.08. The van der Waals surface area contributed by atoms with Gasteiger partial charge in [-0.1, -0.05) is 30.3 Å². The monoisotopic (exact) mass is 286 g/mol. The Hall–Kier alpha value is -2.24. The molecule has 0 spiro atoms. The summed E-state index contributed by atoms with van der Waals surface area (Å²) in [7, 11) is 0. The fourth-order valence-electron chi connectivity index (χ4n) is 2.01. The Labute approximate surface area is 117 Å². The van der Waals surface area contributed by atoms with Crippen molar-refractivity contribution in [2.45, 2.75) is 4.90 Å². The Bertz CT molecular complexity index is 850. The maximum atomic E-state index is 12.0. The third-order valence-electron chi connectivity index (χ3n) is 3.01. The van der Waals surface area contributed by atoms with Crippen LogP contribution in [0.1, 0.15) is 0 Å². The molecule has 1 heterocycles. The van der Waals surface area contributed by atoms with E-state index < -0.39 is 16.7 Å². The van der Waals surface area contributed by atoms with Crippen LogP contribution in [0.2, 0.25) is 0 Å². The molecule has 1 atom stereocenters. The number of benzene rings is 2. The van der Waals surface area contributed by atoms with Crippen LogP contribution in [0.3, 0.4) is 0 Å². The van der Waals surface area contributed by atoms with E-state index in [4.69, 9.17) is 8.97 Å². The number of rotatable bonds is 2. The molecule has 0 bridgehead atoms. The summed E-state index contributed by atoms with van der Waals surface area (Å²) in [5, 5.41) is 0.830. The summed E-state index contributed by atoms with van der Waals surface area (Å²) in [6, 6.07) is 15.3. The second-order valence-electron chi connectivity index (χ2n) is 4.26. The molecular formula is C15H10O4S. The summed E-state index contributed by atoms with van der Waals surface area (Å²) in [4.78, 5) is 12.3. The summed E-state index contributed by atoms with van der Waals surface area (Å²) < 4.78 is 25.2. The number of hydrogen-bond donors (Lipinski definition) is 1. The van der Waals surface area contributed by atoms with Crippen molar-refractivity contribution in [3.05, 3.63) is 65.0 Å². The lowest BCUT2D eigenvalue weighted by Crippen LogP contribution is -2.02. The quantitative estimate of drug-likeness (QED) is 0.581. The van der Waals surface area contributed by atoms with E-state index in [1.807, 2.05) is 12.1 Å². The molecule has 100 valence electrons. The molecule has 2 aromatic carbocycles. The van der Waals surface area contributed by atoms with Gasteiger partial charge in [0.1, 0.15) is 5.58 Å². The Morgan fingerprint density at radius 1 is 1.00 bits per heavy atom. The van der Waals surface area contributed by atoms with Crippen molar-refractivity contribution < 1.29 is 13.2 Å². The van der Waals surface area contributed by atoms with E-state index in [2.05, 4.69) is 0 Å². The zero-order chi connectivity index (χ0) is 14.1. The second kappa shape index (κ2) is 5.03. The average molecular weight is 286 g/mol. The molecule has 0 saturated heterocycles. The minimum absolute atomic E-state index is 0.291. The van der Waals surface area contributed by atoms with Crippen LogP contribution in [0, 0.1) is 0 Å². The van der Waals surface area contributed by atoms with Gasteiger partial charge in [-0.25, -0.2) is 9.00 Å². The Morgan fingerprint density at radius 3 is 2.40 bits per heavy atom. The molecule has 0 aliphatic heterocycles. The van der Waals surface area contributed by atoms with Gasteiger partial charge in [-0.05, 0) is 29.8 Å². The van der Waals surface area contributed by atoms with Crippen molar-refractivity contribution in [1.29, 1.82) is 0 Å². The van der Waals surface area contributed by atoms with Gasteiger partial charge >= 0.3 is 5.63 Å². The lowest BCUT2D eigenvalue weighted by atomic mass is 10.1. The molecule has 0 amide bonds. The molecule has 1 aromatic heterocycles. The normalized spacial score (nSPS) is 12.4. The fourth-order valence-corrected chi connectivity index (χ4v) is 2.38. The molecule has 0 fully saturated rings. The summed E-state index contributed by atoms with van der Waals surface area (Å²) in [5.41, 5.74) is 1.19. The first-order valence-electron chi connectivity index (χ1n) is 5.89. The van der Waals surface area contributed by atoms with Crippen molar-refractivity contribution in [3.63, 3.8) is 0 Å². The van der Waals surface area contributed by atoms with Gasteiger partial charge in [0, 0.05) is 5.39 Å². The Morgan fingerprint density at radius 2 is 1.70 bits per heavy atom. The van der Waals surface area contributed by atoms with Crippen molar-refractivity contribution in [3.8, 4) is 11.1 Å². The molecule has 1 N–H and O–H groups in total. The van der Waals surface area contributed by atoms with Gasteiger partial charge in [0.2, 0.25) is 0 Å². The molecule has 3 rings (SSSR count). The minimum atomic E-state index is -2.02. The van der Waals surface area contributed by atoms with Crippen LogP contribution in [-0.4, -0.2) is 8.76 Å². The smallest absolute Gasteiger partial charge is 0.344 e. The minimum Gasteiger partial charge on any atom is -0.422 e. The maximum Gasteiger partial charge on any atom is 0.344 e. The number of para-hydroxylation sites is 1. The molecule has 3 aromatic rings. The SMILES string of the molecule is O=c1oc2ccccc2cc1-c1ccc(S(=O)O)cc1. The van der Waals surface area contributed by atoms with Gasteiger partial charge < -0.3 is 8.97 Å². The van der Waals surface area contributed by atoms with Gasteiger partial charge in [-0.15, -0.1) is 0 Å². The lowest BCUT2D eigenvalue weighted by molar-refractivity contribution is 0.563. The summed E-state index contributed by atoms with van der Waals surface area (Å²) in [5.74, 6) is 0. The molecule has 0 radical (unpaired) electrons. The lowest BCUT2D eigenvalue weighted by Gasteiger charge is -2.03. The van der Waals surface area contributed by atoms with E-state index in [0.717, 1.165) is 5.39 Å². The average Bonchev–Trinajstić information content (AvgIpc) is 2.46. The van der Waals surface area contributed by atoms with Gasteiger partial charge in [-0.3, -0.25) is 0 Å². The van der Waals surface area contributed by atoms with Gasteiger partial charge in [0.15, 0.2) is 11.1 Å². The number of hydrogen-bond acceptors (Lipinski definition) is 3. The first-order valence-corrected chi connectivity index (χ1v) is 7.00. The van der Waals surface area contributed by atoms with E-state index in [1.165, 1.54) is 12.1 Å². The van der Waals surface area contributed by atoms with Crippen LogP contribution in [0.15, 0.2) is 68.7 Å². The van der Waals surface area contributed by atoms with Crippen molar-refractivity contribution in [1.82, 2.24) is 0 Å². The largest absolute Gasteiger partial charge is 0.422 e. The van der Waals surface area contributed by atoms with E-state index in [-0.39, 0.29) is 0 Å². The fraction of sp³-hybridized carbons (Fsp3) is 0. The summed E-state index contributed by atoms with van der Waals surface area (Å²) in [6.45, 7) is 0. The van der Waals surface area contributed by atoms with Gasteiger partial charge in [0.05, 0.1) is 10.5 Å². The molecule has 4 nitrogen and oxygen atoms in total. The first-order chi connectivity index (χ1) is 9.65. The summed E-state index contributed by atoms with van der Waals surface area (Å²) in [6.07, 6.45) is 0. The molecule has 0 aliphatic rings. The van der Waals surface area contributed by atoms with E-state index >= 15 is 0 Å². The Balaban J connectivity index is 2.16. The highest BCUT2D eigenvalue weighted by atomic mass is 32.2. The van der Waals surface area contributed by atoms with Crippen molar-refractivity contribution in [2.75, 3.05) is 0 Å². The van der Waals surface area contributed by atoms with Crippen LogP contribution in [-0.2, 0) is 11.1 Å². The highest BCUT2D eigenvalue weighted by Crippen LogP contribution is 2.21. The predicted octanol–water partition coefficient (Wildman–Crippen LogP) is 3.04. The first kappa shape index (κ1) is 12.8. The molecule has 0 aliphatic carbocycles. The third kappa shape index (κ3) is 2.29. The standard InChI is InChI=1S/C15H10O4S/c16-15-13(9-11-3-1-2-4-14(11)19-15)10-5-7-12(8-6-10)20(17)18/h1-9H,(H,17,18). The zero-order valence-corrected chi connectivity index (χ0v) is 11.1. The van der Waals surface area contributed by atoms with E-state index in [0.29, 0.717) is 21.6 Å². The third-order valence-corrected chi connectivity index (χ3v) is 3.68. The topological polar surface area (TPSA) is 67.5 Å². The van der Waals surface area contributed by atoms with Gasteiger partial charge in [0.25, 0.3) is 0 Å². The van der Waals surface area contributed by atoms with E-state index in [1.54, 1.807) is 30.3 Å². The van der Waals surface area contributed by atoms with Crippen molar-refractivity contribution >= 4 is 22.0 Å². The van der Waals surface area contributed by atoms with Crippen LogP contribution < -0.4 is 5.63 Å². The van der Waals surface area contributed by atoms with E-state index in [9.17, 15) is 9.00 Å². The second-order valence-corrected chi connectivity index (χ2v) is 5.23. The number of fused-ring (bicyclic) bond motifs is 1. The molecule has 5 heteroatoms. The molecule has 20 heavy (non-hydrogen) atoms. The van der Waals surface area contributed by atoms with Crippen molar-refractivity contribution in [2.24, 2.45) is 0 Å². The van der Waals surface area contributed by atoms with Crippen LogP contribution in [0.25, 0.3) is 22.1 Å². The Kier molecular flexibility index (Phi) is 3.22. The summed E-state index contributed by atoms with van der Waals surface area (Å²) >= 11 is -2.02. The molecule has 1 unspecified atom stereocenters. The highest BCUT2D eigenvalue weighted by molar-refractivity contribution is 7.79. The predicted molar refractivity (Wildman–Crippen MR) is 77.0 cm³/mol. The maximum absolute atomic E-state index is 12.0. The van der Waals surface area contributed by atoms with Crippen LogP contribution in [0.5, 0.6) is 0 Å².